The molecule has 0 aliphatic carbocycles. The van der Waals surface area contributed by atoms with E-state index in [4.69, 9.17) is 13.9 Å². The lowest BCUT2D eigenvalue weighted by Crippen LogP contribution is -2.52. The minimum atomic E-state index is -1.96. The molecule has 0 spiro atoms. The van der Waals surface area contributed by atoms with E-state index in [0.29, 0.717) is 36.3 Å². The summed E-state index contributed by atoms with van der Waals surface area (Å²) in [4.78, 5) is 14.2. The van der Waals surface area contributed by atoms with Crippen LogP contribution in [0.5, 0.6) is 0 Å². The lowest BCUT2D eigenvalue weighted by molar-refractivity contribution is -0.0421. The maximum absolute atomic E-state index is 12.4. The highest BCUT2D eigenvalue weighted by molar-refractivity contribution is 6.77. The summed E-state index contributed by atoms with van der Waals surface area (Å²) in [5, 5.41) is 0. The van der Waals surface area contributed by atoms with Gasteiger partial charge in [0, 0.05) is 13.7 Å². The summed E-state index contributed by atoms with van der Waals surface area (Å²) >= 11 is 0. The van der Waals surface area contributed by atoms with Gasteiger partial charge in [0.25, 0.3) is 0 Å². The van der Waals surface area contributed by atoms with Crippen LogP contribution in [-0.2, 0) is 13.9 Å². The lowest BCUT2D eigenvalue weighted by Gasteiger charge is -2.44. The fourth-order valence-electron chi connectivity index (χ4n) is 4.43. The Kier molecular flexibility index (Phi) is 7.77. The van der Waals surface area contributed by atoms with Gasteiger partial charge in [0.2, 0.25) is 0 Å². The van der Waals surface area contributed by atoms with Crippen molar-refractivity contribution in [1.82, 2.24) is 4.90 Å². The SMILES string of the molecule is COC1(CO[Si](C(C)C)(C(C)C)C(C)C)CCN(C(=O)OC(C)(C)C)C1. The second-order valence-electron chi connectivity index (χ2n) is 9.65. The average Bonchev–Trinajstić information content (AvgIpc) is 2.90. The van der Waals surface area contributed by atoms with Gasteiger partial charge in [-0.3, -0.25) is 0 Å². The second-order valence-corrected chi connectivity index (χ2v) is 15.1. The van der Waals surface area contributed by atoms with Crippen LogP contribution in [0.1, 0.15) is 68.7 Å². The number of rotatable bonds is 7. The van der Waals surface area contributed by atoms with E-state index < -0.39 is 19.5 Å². The molecule has 0 saturated carbocycles. The molecule has 6 heteroatoms. The molecular weight excluding hydrogens is 346 g/mol. The molecule has 1 saturated heterocycles. The van der Waals surface area contributed by atoms with Crippen molar-refractivity contribution in [2.45, 2.75) is 96.6 Å². The van der Waals surface area contributed by atoms with Crippen LogP contribution in [-0.4, -0.2) is 57.3 Å². The number of likely N-dealkylation sites (tertiary alicyclic amines) is 1. The Labute approximate surface area is 161 Å². The summed E-state index contributed by atoms with van der Waals surface area (Å²) in [6, 6.07) is 0. The van der Waals surface area contributed by atoms with E-state index in [9.17, 15) is 4.79 Å². The van der Waals surface area contributed by atoms with Gasteiger partial charge >= 0.3 is 6.09 Å². The number of amides is 1. The Morgan fingerprint density at radius 3 is 1.96 bits per heavy atom. The van der Waals surface area contributed by atoms with Crippen molar-refractivity contribution in [2.75, 3.05) is 26.8 Å². The second kappa shape index (κ2) is 8.61. The van der Waals surface area contributed by atoms with Crippen molar-refractivity contribution in [3.63, 3.8) is 0 Å². The number of methoxy groups -OCH3 is 1. The van der Waals surface area contributed by atoms with Crippen molar-refractivity contribution in [3.05, 3.63) is 0 Å². The highest BCUT2D eigenvalue weighted by Gasteiger charge is 2.49. The van der Waals surface area contributed by atoms with Gasteiger partial charge in [-0.25, -0.2) is 4.79 Å². The van der Waals surface area contributed by atoms with Gasteiger partial charge in [0.15, 0.2) is 8.32 Å². The van der Waals surface area contributed by atoms with Gasteiger partial charge in [0.05, 0.1) is 13.2 Å². The predicted octanol–water partition coefficient (Wildman–Crippen LogP) is 5.20. The predicted molar refractivity (Wildman–Crippen MR) is 109 cm³/mol. The topological polar surface area (TPSA) is 48.0 Å². The van der Waals surface area contributed by atoms with Gasteiger partial charge in [0.1, 0.15) is 11.2 Å². The highest BCUT2D eigenvalue weighted by Crippen LogP contribution is 2.43. The third-order valence-corrected chi connectivity index (χ3v) is 11.8. The summed E-state index contributed by atoms with van der Waals surface area (Å²) in [7, 11) is -0.233. The maximum Gasteiger partial charge on any atom is 0.410 e. The number of hydrogen-bond donors (Lipinski definition) is 0. The molecule has 1 aliphatic heterocycles. The average molecular weight is 388 g/mol. The maximum atomic E-state index is 12.4. The molecule has 1 aliphatic rings. The fraction of sp³-hybridized carbons (Fsp3) is 0.950. The molecule has 1 heterocycles. The zero-order chi connectivity index (χ0) is 20.3. The molecular formula is C20H41NO4Si. The molecule has 5 nitrogen and oxygen atoms in total. The van der Waals surface area contributed by atoms with E-state index in [2.05, 4.69) is 41.5 Å². The van der Waals surface area contributed by atoms with Crippen LogP contribution in [0.25, 0.3) is 0 Å². The summed E-state index contributed by atoms with van der Waals surface area (Å²) < 4.78 is 18.2. The Balaban J connectivity index is 2.88. The summed E-state index contributed by atoms with van der Waals surface area (Å²) in [6.45, 7) is 21.1. The molecule has 1 rings (SSSR count). The third kappa shape index (κ3) is 5.23. The van der Waals surface area contributed by atoms with Crippen LogP contribution in [0.2, 0.25) is 16.6 Å². The molecule has 1 fully saturated rings. The van der Waals surface area contributed by atoms with Crippen LogP contribution in [0, 0.1) is 0 Å². The van der Waals surface area contributed by atoms with Crippen molar-refractivity contribution in [1.29, 1.82) is 0 Å². The van der Waals surface area contributed by atoms with Crippen molar-refractivity contribution < 1.29 is 18.7 Å². The van der Waals surface area contributed by atoms with Gasteiger partial charge in [-0.15, -0.1) is 0 Å². The van der Waals surface area contributed by atoms with Gasteiger partial charge in [-0.2, -0.15) is 0 Å². The first-order valence-electron chi connectivity index (χ1n) is 9.96. The minimum absolute atomic E-state index is 0.267. The first-order valence-corrected chi connectivity index (χ1v) is 12.1. The Morgan fingerprint density at radius 2 is 1.58 bits per heavy atom. The smallest absolute Gasteiger partial charge is 0.410 e. The van der Waals surface area contributed by atoms with Crippen LogP contribution >= 0.6 is 0 Å². The van der Waals surface area contributed by atoms with Crippen molar-refractivity contribution in [3.8, 4) is 0 Å². The molecule has 0 aromatic heterocycles. The number of carbonyl (C=O) groups is 1. The third-order valence-electron chi connectivity index (χ3n) is 5.69. The van der Waals surface area contributed by atoms with E-state index in [1.165, 1.54) is 0 Å². The Hall–Kier alpha value is -0.593. The monoisotopic (exact) mass is 387 g/mol. The van der Waals surface area contributed by atoms with Gasteiger partial charge in [-0.05, 0) is 43.8 Å². The summed E-state index contributed by atoms with van der Waals surface area (Å²) in [5.74, 6) is 0. The number of carbonyl (C=O) groups excluding carboxylic acids is 1. The molecule has 0 aromatic carbocycles. The molecule has 0 bridgehead atoms. The van der Waals surface area contributed by atoms with E-state index in [0.717, 1.165) is 6.42 Å². The standard InChI is InChI=1S/C20H41NO4Si/c1-15(2)26(16(3)4,17(5)6)24-14-20(23-10)11-12-21(13-20)18(22)25-19(7,8)9/h15-17H,11-14H2,1-10H3. The van der Waals surface area contributed by atoms with E-state index in [1.54, 1.807) is 12.0 Å². The van der Waals surface area contributed by atoms with Crippen LogP contribution in [0.3, 0.4) is 0 Å². The van der Waals surface area contributed by atoms with Gasteiger partial charge in [-0.1, -0.05) is 41.5 Å². The highest BCUT2D eigenvalue weighted by atomic mass is 28.4. The van der Waals surface area contributed by atoms with Crippen LogP contribution in [0.15, 0.2) is 0 Å². The zero-order valence-electron chi connectivity index (χ0n) is 18.6. The van der Waals surface area contributed by atoms with Crippen LogP contribution < -0.4 is 0 Å². The van der Waals surface area contributed by atoms with E-state index in [1.807, 2.05) is 20.8 Å². The fourth-order valence-corrected chi connectivity index (χ4v) is 9.94. The van der Waals surface area contributed by atoms with E-state index >= 15 is 0 Å². The van der Waals surface area contributed by atoms with Crippen molar-refractivity contribution >= 4 is 14.4 Å². The first-order chi connectivity index (χ1) is 11.8. The molecule has 0 aromatic rings. The summed E-state index contributed by atoms with van der Waals surface area (Å²) in [5.41, 5.74) is 0.661. The minimum Gasteiger partial charge on any atom is -0.444 e. The van der Waals surface area contributed by atoms with Gasteiger partial charge < -0.3 is 18.8 Å². The normalized spacial score (nSPS) is 22.0. The first kappa shape index (κ1) is 23.4. The number of ether oxygens (including phenoxy) is 2. The van der Waals surface area contributed by atoms with E-state index in [-0.39, 0.29) is 6.09 Å². The lowest BCUT2D eigenvalue weighted by atomic mass is 10.1. The molecule has 1 amide bonds. The largest absolute Gasteiger partial charge is 0.444 e. The zero-order valence-corrected chi connectivity index (χ0v) is 19.6. The van der Waals surface area contributed by atoms with Crippen LogP contribution in [0.4, 0.5) is 4.79 Å². The Bertz CT molecular complexity index is 451. The number of hydrogen-bond acceptors (Lipinski definition) is 4. The molecule has 154 valence electrons. The molecule has 0 N–H and O–H groups in total. The quantitative estimate of drug-likeness (QED) is 0.563. The molecule has 26 heavy (non-hydrogen) atoms. The summed E-state index contributed by atoms with van der Waals surface area (Å²) in [6.07, 6.45) is 0.512. The molecule has 1 unspecified atom stereocenters. The molecule has 0 radical (unpaired) electrons. The van der Waals surface area contributed by atoms with Crippen molar-refractivity contribution in [2.24, 2.45) is 0 Å². The number of nitrogens with zero attached hydrogens (tertiary/aromatic N) is 1. The molecule has 1 atom stereocenters. The Morgan fingerprint density at radius 1 is 1.08 bits per heavy atom.